The fourth-order valence-electron chi connectivity index (χ4n) is 2.37. The average Bonchev–Trinajstić information content (AvgIpc) is 2.53. The van der Waals surface area contributed by atoms with Crippen LogP contribution in [0, 0.1) is 5.92 Å². The lowest BCUT2D eigenvalue weighted by atomic mass is 10.0. The summed E-state index contributed by atoms with van der Waals surface area (Å²) in [6.45, 7) is 4.72. The standard InChI is InChI=1S/C15H22N4O2/c1-12(15(16)21)5-6-14(20)19-10-8-18(9-11-19)13-4-2-3-7-17-13/h2-4,7,12H,5-6,8-11H2,1H3,(H2,16,21)/t12-/m0/s1. The summed E-state index contributed by atoms with van der Waals surface area (Å²) in [5, 5.41) is 0. The molecule has 1 aliphatic rings. The highest BCUT2D eigenvalue weighted by Gasteiger charge is 2.22. The number of carbonyl (C=O) groups is 2. The van der Waals surface area contributed by atoms with E-state index in [4.69, 9.17) is 5.73 Å². The Morgan fingerprint density at radius 3 is 2.57 bits per heavy atom. The Labute approximate surface area is 124 Å². The first-order valence-corrected chi connectivity index (χ1v) is 7.31. The van der Waals surface area contributed by atoms with Crippen molar-refractivity contribution in [3.8, 4) is 0 Å². The minimum atomic E-state index is -0.345. The molecule has 0 saturated carbocycles. The lowest BCUT2D eigenvalue weighted by Gasteiger charge is -2.35. The minimum Gasteiger partial charge on any atom is -0.369 e. The van der Waals surface area contributed by atoms with Crippen molar-refractivity contribution >= 4 is 17.6 Å². The molecule has 0 radical (unpaired) electrons. The number of primary amides is 1. The van der Waals surface area contributed by atoms with E-state index in [9.17, 15) is 9.59 Å². The number of anilines is 1. The van der Waals surface area contributed by atoms with Crippen molar-refractivity contribution in [3.63, 3.8) is 0 Å². The van der Waals surface area contributed by atoms with Gasteiger partial charge < -0.3 is 15.5 Å². The maximum atomic E-state index is 12.1. The Kier molecular flexibility index (Phi) is 5.14. The highest BCUT2D eigenvalue weighted by Crippen LogP contribution is 2.14. The first-order valence-electron chi connectivity index (χ1n) is 7.31. The van der Waals surface area contributed by atoms with E-state index < -0.39 is 0 Å². The summed E-state index contributed by atoms with van der Waals surface area (Å²) in [6, 6.07) is 5.83. The van der Waals surface area contributed by atoms with Crippen LogP contribution in [0.1, 0.15) is 19.8 Å². The van der Waals surface area contributed by atoms with Crippen LogP contribution in [0.4, 0.5) is 5.82 Å². The van der Waals surface area contributed by atoms with Crippen LogP contribution >= 0.6 is 0 Å². The first-order chi connectivity index (χ1) is 10.1. The third kappa shape index (κ3) is 4.18. The molecule has 0 aliphatic carbocycles. The van der Waals surface area contributed by atoms with Gasteiger partial charge in [-0.2, -0.15) is 0 Å². The van der Waals surface area contributed by atoms with E-state index in [1.807, 2.05) is 23.1 Å². The SMILES string of the molecule is C[C@@H](CCC(=O)N1CCN(c2ccccn2)CC1)C(N)=O. The van der Waals surface area contributed by atoms with Gasteiger partial charge in [0.15, 0.2) is 0 Å². The molecule has 2 heterocycles. The molecule has 6 nitrogen and oxygen atoms in total. The van der Waals surface area contributed by atoms with Crippen LogP contribution in [0.15, 0.2) is 24.4 Å². The molecule has 1 aliphatic heterocycles. The second-order valence-electron chi connectivity index (χ2n) is 5.40. The van der Waals surface area contributed by atoms with Crippen LogP contribution in [-0.2, 0) is 9.59 Å². The van der Waals surface area contributed by atoms with Gasteiger partial charge in [0.1, 0.15) is 5.82 Å². The number of piperazine rings is 1. The number of aromatic nitrogens is 1. The van der Waals surface area contributed by atoms with Crippen molar-refractivity contribution < 1.29 is 9.59 Å². The predicted octanol–water partition coefficient (Wildman–Crippen LogP) is 0.632. The summed E-state index contributed by atoms with van der Waals surface area (Å²) in [4.78, 5) is 31.4. The van der Waals surface area contributed by atoms with E-state index in [-0.39, 0.29) is 17.7 Å². The van der Waals surface area contributed by atoms with E-state index in [0.717, 1.165) is 18.9 Å². The maximum absolute atomic E-state index is 12.1. The van der Waals surface area contributed by atoms with E-state index in [1.54, 1.807) is 13.1 Å². The minimum absolute atomic E-state index is 0.101. The van der Waals surface area contributed by atoms with Gasteiger partial charge in [0.2, 0.25) is 11.8 Å². The van der Waals surface area contributed by atoms with Gasteiger partial charge in [0.25, 0.3) is 0 Å². The quantitative estimate of drug-likeness (QED) is 0.862. The van der Waals surface area contributed by atoms with Crippen molar-refractivity contribution in [1.29, 1.82) is 0 Å². The molecule has 21 heavy (non-hydrogen) atoms. The summed E-state index contributed by atoms with van der Waals surface area (Å²) in [5.74, 6) is 0.460. The van der Waals surface area contributed by atoms with Crippen LogP contribution in [0.3, 0.4) is 0 Å². The molecular weight excluding hydrogens is 268 g/mol. The molecule has 1 fully saturated rings. The molecule has 1 saturated heterocycles. The highest BCUT2D eigenvalue weighted by molar-refractivity contribution is 5.79. The second kappa shape index (κ2) is 7.06. The lowest BCUT2D eigenvalue weighted by molar-refractivity contribution is -0.132. The van der Waals surface area contributed by atoms with Crippen molar-refractivity contribution in [2.75, 3.05) is 31.1 Å². The third-order valence-corrected chi connectivity index (χ3v) is 3.88. The molecule has 0 bridgehead atoms. The number of nitrogens with zero attached hydrogens (tertiary/aromatic N) is 3. The molecule has 0 aromatic carbocycles. The fourth-order valence-corrected chi connectivity index (χ4v) is 2.37. The summed E-state index contributed by atoms with van der Waals surface area (Å²) in [5.41, 5.74) is 5.21. The van der Waals surface area contributed by atoms with Gasteiger partial charge in [-0.1, -0.05) is 13.0 Å². The lowest BCUT2D eigenvalue weighted by Crippen LogP contribution is -2.49. The zero-order valence-electron chi connectivity index (χ0n) is 12.4. The van der Waals surface area contributed by atoms with Crippen LogP contribution in [0.25, 0.3) is 0 Å². The van der Waals surface area contributed by atoms with Gasteiger partial charge in [0.05, 0.1) is 0 Å². The second-order valence-corrected chi connectivity index (χ2v) is 5.40. The summed E-state index contributed by atoms with van der Waals surface area (Å²) < 4.78 is 0. The van der Waals surface area contributed by atoms with Gasteiger partial charge in [-0.3, -0.25) is 9.59 Å². The molecule has 6 heteroatoms. The summed E-state index contributed by atoms with van der Waals surface area (Å²) in [6.07, 6.45) is 2.68. The molecule has 2 rings (SSSR count). The number of hydrogen-bond donors (Lipinski definition) is 1. The Morgan fingerprint density at radius 2 is 2.00 bits per heavy atom. The molecule has 2 amide bonds. The van der Waals surface area contributed by atoms with Crippen LogP contribution in [-0.4, -0.2) is 47.9 Å². The Morgan fingerprint density at radius 1 is 1.29 bits per heavy atom. The van der Waals surface area contributed by atoms with Gasteiger partial charge in [-0.05, 0) is 18.6 Å². The molecular formula is C15H22N4O2. The van der Waals surface area contributed by atoms with Crippen LogP contribution < -0.4 is 10.6 Å². The molecule has 1 aromatic heterocycles. The molecule has 1 atom stereocenters. The summed E-state index contributed by atoms with van der Waals surface area (Å²) in [7, 11) is 0. The topological polar surface area (TPSA) is 79.5 Å². The average molecular weight is 290 g/mol. The molecule has 1 aromatic rings. The third-order valence-electron chi connectivity index (χ3n) is 3.88. The molecule has 0 spiro atoms. The number of hydrogen-bond acceptors (Lipinski definition) is 4. The van der Waals surface area contributed by atoms with E-state index >= 15 is 0 Å². The maximum Gasteiger partial charge on any atom is 0.222 e. The number of nitrogens with two attached hydrogens (primary N) is 1. The van der Waals surface area contributed by atoms with Crippen molar-refractivity contribution in [2.45, 2.75) is 19.8 Å². The first kappa shape index (κ1) is 15.3. The largest absolute Gasteiger partial charge is 0.369 e. The number of pyridine rings is 1. The number of carbonyl (C=O) groups excluding carboxylic acids is 2. The summed E-state index contributed by atoms with van der Waals surface area (Å²) >= 11 is 0. The van der Waals surface area contributed by atoms with Crippen molar-refractivity contribution in [1.82, 2.24) is 9.88 Å². The van der Waals surface area contributed by atoms with Crippen LogP contribution in [0.2, 0.25) is 0 Å². The Balaban J connectivity index is 1.78. The predicted molar refractivity (Wildman–Crippen MR) is 80.6 cm³/mol. The monoisotopic (exact) mass is 290 g/mol. The molecule has 0 unspecified atom stereocenters. The fraction of sp³-hybridized carbons (Fsp3) is 0.533. The van der Waals surface area contributed by atoms with Gasteiger partial charge in [0, 0.05) is 44.7 Å². The van der Waals surface area contributed by atoms with Crippen molar-refractivity contribution in [3.05, 3.63) is 24.4 Å². The van der Waals surface area contributed by atoms with Crippen LogP contribution in [0.5, 0.6) is 0 Å². The molecule has 114 valence electrons. The van der Waals surface area contributed by atoms with E-state index in [0.29, 0.717) is 25.9 Å². The highest BCUT2D eigenvalue weighted by atomic mass is 16.2. The van der Waals surface area contributed by atoms with E-state index in [2.05, 4.69) is 9.88 Å². The van der Waals surface area contributed by atoms with Crippen molar-refractivity contribution in [2.24, 2.45) is 11.7 Å². The van der Waals surface area contributed by atoms with Gasteiger partial charge >= 0.3 is 0 Å². The zero-order valence-corrected chi connectivity index (χ0v) is 12.4. The Bertz CT molecular complexity index is 484. The normalized spacial score (nSPS) is 16.6. The smallest absolute Gasteiger partial charge is 0.222 e. The van der Waals surface area contributed by atoms with Gasteiger partial charge in [-0.15, -0.1) is 0 Å². The number of amides is 2. The zero-order chi connectivity index (χ0) is 15.2. The Hall–Kier alpha value is -2.11. The number of rotatable bonds is 5. The van der Waals surface area contributed by atoms with Gasteiger partial charge in [-0.25, -0.2) is 4.98 Å². The van der Waals surface area contributed by atoms with E-state index in [1.165, 1.54) is 0 Å². The molecule has 2 N–H and O–H groups in total.